The summed E-state index contributed by atoms with van der Waals surface area (Å²) in [6.45, 7) is 10.7. The zero-order chi connectivity index (χ0) is 14.6. The third kappa shape index (κ3) is 3.80. The maximum Gasteiger partial charge on any atom is 0.338 e. The second-order valence-corrected chi connectivity index (χ2v) is 5.42. The van der Waals surface area contributed by atoms with Crippen molar-refractivity contribution in [2.24, 2.45) is 17.6 Å². The number of hydrogen-bond acceptors (Lipinski definition) is 3. The fraction of sp³-hybridized carbons (Fsp3) is 0.562. The van der Waals surface area contributed by atoms with Crippen LogP contribution in [-0.4, -0.2) is 12.6 Å². The molecule has 0 amide bonds. The van der Waals surface area contributed by atoms with Gasteiger partial charge in [-0.2, -0.15) is 0 Å². The van der Waals surface area contributed by atoms with Crippen molar-refractivity contribution in [3.05, 3.63) is 34.9 Å². The lowest BCUT2D eigenvalue weighted by Crippen LogP contribution is -2.24. The molecule has 0 fully saturated rings. The molecule has 0 spiro atoms. The van der Waals surface area contributed by atoms with Gasteiger partial charge in [0.1, 0.15) is 0 Å². The summed E-state index contributed by atoms with van der Waals surface area (Å²) < 4.78 is 5.03. The van der Waals surface area contributed by atoms with Crippen LogP contribution >= 0.6 is 0 Å². The molecule has 0 radical (unpaired) electrons. The standard InChI is InChI=1S/C16H25NO2/c1-6-19-16(18)13-8-7-11(4)14(9-13)15(17)12(5)10(2)3/h7-10,12,15H,6,17H2,1-5H3/t12-,15+/m0/s1. The van der Waals surface area contributed by atoms with Crippen molar-refractivity contribution < 1.29 is 9.53 Å². The van der Waals surface area contributed by atoms with Crippen LogP contribution in [0.25, 0.3) is 0 Å². The van der Waals surface area contributed by atoms with E-state index in [1.54, 1.807) is 13.0 Å². The molecule has 0 aromatic heterocycles. The Morgan fingerprint density at radius 2 is 1.95 bits per heavy atom. The van der Waals surface area contributed by atoms with Crippen LogP contribution in [0, 0.1) is 18.8 Å². The highest BCUT2D eigenvalue weighted by atomic mass is 16.5. The highest BCUT2D eigenvalue weighted by Crippen LogP contribution is 2.28. The van der Waals surface area contributed by atoms with Crippen molar-refractivity contribution in [3.63, 3.8) is 0 Å². The van der Waals surface area contributed by atoms with E-state index in [9.17, 15) is 4.79 Å². The van der Waals surface area contributed by atoms with Crippen LogP contribution < -0.4 is 5.73 Å². The van der Waals surface area contributed by atoms with E-state index in [0.29, 0.717) is 24.0 Å². The van der Waals surface area contributed by atoms with Crippen LogP contribution in [0.15, 0.2) is 18.2 Å². The highest BCUT2D eigenvalue weighted by Gasteiger charge is 2.21. The Balaban J connectivity index is 3.06. The summed E-state index contributed by atoms with van der Waals surface area (Å²) in [5.41, 5.74) is 9.06. The number of rotatable bonds is 5. The molecule has 2 N–H and O–H groups in total. The van der Waals surface area contributed by atoms with Gasteiger partial charge >= 0.3 is 5.97 Å². The first-order chi connectivity index (χ1) is 8.88. The second-order valence-electron chi connectivity index (χ2n) is 5.42. The molecule has 0 aliphatic rings. The number of carbonyl (C=O) groups is 1. The van der Waals surface area contributed by atoms with Crippen LogP contribution in [-0.2, 0) is 4.74 Å². The van der Waals surface area contributed by atoms with Crippen molar-refractivity contribution in [1.82, 2.24) is 0 Å². The fourth-order valence-corrected chi connectivity index (χ4v) is 2.04. The van der Waals surface area contributed by atoms with Crippen molar-refractivity contribution in [3.8, 4) is 0 Å². The summed E-state index contributed by atoms with van der Waals surface area (Å²) in [7, 11) is 0. The Kier molecular flexibility index (Phi) is 5.55. The van der Waals surface area contributed by atoms with Gasteiger partial charge in [0.2, 0.25) is 0 Å². The first-order valence-corrected chi connectivity index (χ1v) is 6.91. The first-order valence-electron chi connectivity index (χ1n) is 6.91. The van der Waals surface area contributed by atoms with Gasteiger partial charge in [-0.15, -0.1) is 0 Å². The molecule has 3 heteroatoms. The lowest BCUT2D eigenvalue weighted by atomic mass is 9.84. The molecule has 0 saturated carbocycles. The van der Waals surface area contributed by atoms with Crippen molar-refractivity contribution in [2.75, 3.05) is 6.61 Å². The summed E-state index contributed by atoms with van der Waals surface area (Å²) in [6, 6.07) is 5.55. The van der Waals surface area contributed by atoms with Gasteiger partial charge in [0.05, 0.1) is 12.2 Å². The molecule has 0 heterocycles. The zero-order valence-electron chi connectivity index (χ0n) is 12.6. The van der Waals surface area contributed by atoms with Gasteiger partial charge in [-0.05, 0) is 48.9 Å². The van der Waals surface area contributed by atoms with Crippen LogP contribution in [0.4, 0.5) is 0 Å². The minimum absolute atomic E-state index is 0.0608. The molecule has 0 aliphatic heterocycles. The van der Waals surface area contributed by atoms with E-state index >= 15 is 0 Å². The quantitative estimate of drug-likeness (QED) is 0.828. The van der Waals surface area contributed by atoms with Gasteiger partial charge in [-0.3, -0.25) is 0 Å². The third-order valence-electron chi connectivity index (χ3n) is 3.77. The molecule has 0 bridgehead atoms. The predicted molar refractivity (Wildman–Crippen MR) is 78.1 cm³/mol. The Morgan fingerprint density at radius 1 is 1.32 bits per heavy atom. The van der Waals surface area contributed by atoms with Gasteiger partial charge in [0, 0.05) is 6.04 Å². The average Bonchev–Trinajstić information content (AvgIpc) is 2.37. The van der Waals surface area contributed by atoms with E-state index in [1.807, 2.05) is 19.1 Å². The molecule has 0 aliphatic carbocycles. The average molecular weight is 263 g/mol. The monoisotopic (exact) mass is 263 g/mol. The van der Waals surface area contributed by atoms with E-state index in [4.69, 9.17) is 10.5 Å². The van der Waals surface area contributed by atoms with Gasteiger partial charge in [0.25, 0.3) is 0 Å². The molecule has 1 rings (SSSR count). The minimum atomic E-state index is -0.284. The number of hydrogen-bond donors (Lipinski definition) is 1. The molecule has 1 aromatic carbocycles. The Labute approximate surface area is 116 Å². The number of esters is 1. The second kappa shape index (κ2) is 6.71. The van der Waals surface area contributed by atoms with Gasteiger partial charge < -0.3 is 10.5 Å². The Hall–Kier alpha value is -1.35. The summed E-state index contributed by atoms with van der Waals surface area (Å²) in [6.07, 6.45) is 0. The lowest BCUT2D eigenvalue weighted by Gasteiger charge is -2.25. The van der Waals surface area contributed by atoms with E-state index in [2.05, 4.69) is 20.8 Å². The fourth-order valence-electron chi connectivity index (χ4n) is 2.04. The van der Waals surface area contributed by atoms with E-state index in [0.717, 1.165) is 11.1 Å². The number of benzene rings is 1. The van der Waals surface area contributed by atoms with Crippen LogP contribution in [0.2, 0.25) is 0 Å². The molecule has 0 unspecified atom stereocenters. The van der Waals surface area contributed by atoms with E-state index in [1.165, 1.54) is 0 Å². The summed E-state index contributed by atoms with van der Waals surface area (Å²) in [5.74, 6) is 0.574. The normalized spacial score (nSPS) is 14.3. The molecular weight excluding hydrogens is 238 g/mol. The largest absolute Gasteiger partial charge is 0.462 e. The van der Waals surface area contributed by atoms with Crippen molar-refractivity contribution >= 4 is 5.97 Å². The first kappa shape index (κ1) is 15.7. The molecule has 3 nitrogen and oxygen atoms in total. The SMILES string of the molecule is CCOC(=O)c1ccc(C)c([C@H](N)[C@@H](C)C(C)C)c1. The third-order valence-corrected chi connectivity index (χ3v) is 3.77. The van der Waals surface area contributed by atoms with Gasteiger partial charge in [-0.25, -0.2) is 4.79 Å². The van der Waals surface area contributed by atoms with E-state index in [-0.39, 0.29) is 12.0 Å². The van der Waals surface area contributed by atoms with Gasteiger partial charge in [-0.1, -0.05) is 26.8 Å². The lowest BCUT2D eigenvalue weighted by molar-refractivity contribution is 0.0526. The van der Waals surface area contributed by atoms with Crippen molar-refractivity contribution in [2.45, 2.75) is 40.7 Å². The number of aryl methyl sites for hydroxylation is 1. The van der Waals surface area contributed by atoms with E-state index < -0.39 is 0 Å². The maximum absolute atomic E-state index is 11.8. The smallest absolute Gasteiger partial charge is 0.338 e. The van der Waals surface area contributed by atoms with Crippen LogP contribution in [0.3, 0.4) is 0 Å². The highest BCUT2D eigenvalue weighted by molar-refractivity contribution is 5.89. The minimum Gasteiger partial charge on any atom is -0.462 e. The molecule has 106 valence electrons. The topological polar surface area (TPSA) is 52.3 Å². The van der Waals surface area contributed by atoms with Gasteiger partial charge in [0.15, 0.2) is 0 Å². The number of nitrogens with two attached hydrogens (primary N) is 1. The van der Waals surface area contributed by atoms with Crippen molar-refractivity contribution in [1.29, 1.82) is 0 Å². The number of ether oxygens (including phenoxy) is 1. The van der Waals surface area contributed by atoms with Crippen LogP contribution in [0.5, 0.6) is 0 Å². The molecular formula is C16H25NO2. The maximum atomic E-state index is 11.8. The predicted octanol–water partition coefficient (Wildman–Crippen LogP) is 3.46. The Bertz CT molecular complexity index is 440. The molecule has 19 heavy (non-hydrogen) atoms. The summed E-state index contributed by atoms with van der Waals surface area (Å²) in [5, 5.41) is 0. The van der Waals surface area contributed by atoms with Crippen LogP contribution in [0.1, 0.15) is 55.2 Å². The summed E-state index contributed by atoms with van der Waals surface area (Å²) >= 11 is 0. The summed E-state index contributed by atoms with van der Waals surface area (Å²) in [4.78, 5) is 11.8. The molecule has 2 atom stereocenters. The molecule has 1 aromatic rings. The number of carbonyl (C=O) groups excluding carboxylic acids is 1. The Morgan fingerprint density at radius 3 is 2.47 bits per heavy atom. The molecule has 0 saturated heterocycles. The zero-order valence-corrected chi connectivity index (χ0v) is 12.6.